The number of aromatic amines is 1. The number of hydrogen-bond donors (Lipinski definition) is 1. The summed E-state index contributed by atoms with van der Waals surface area (Å²) in [7, 11) is 0. The molecular formula is C12H9N5O. The lowest BCUT2D eigenvalue weighted by Crippen LogP contribution is -2.06. The molecule has 18 heavy (non-hydrogen) atoms. The first-order valence-electron chi connectivity index (χ1n) is 5.36. The molecule has 0 aliphatic rings. The van der Waals surface area contributed by atoms with Gasteiger partial charge in [0.15, 0.2) is 5.82 Å². The molecule has 3 aromatic rings. The number of rotatable bonds is 2. The van der Waals surface area contributed by atoms with Gasteiger partial charge in [0.1, 0.15) is 5.69 Å². The highest BCUT2D eigenvalue weighted by molar-refractivity contribution is 5.46. The van der Waals surface area contributed by atoms with Crippen LogP contribution >= 0.6 is 0 Å². The molecule has 0 atom stereocenters. The number of H-pyrrole nitrogens is 1. The van der Waals surface area contributed by atoms with Crippen molar-refractivity contribution in [3.63, 3.8) is 0 Å². The van der Waals surface area contributed by atoms with Crippen LogP contribution in [-0.4, -0.2) is 25.0 Å². The molecule has 0 spiro atoms. The minimum Gasteiger partial charge on any atom is -0.305 e. The number of nitrogens with zero attached hydrogens (tertiary/aromatic N) is 4. The summed E-state index contributed by atoms with van der Waals surface area (Å²) in [6.45, 7) is 0. The summed E-state index contributed by atoms with van der Waals surface area (Å²) in [4.78, 5) is 19.3. The van der Waals surface area contributed by atoms with E-state index in [2.05, 4.69) is 20.2 Å². The highest BCUT2D eigenvalue weighted by Gasteiger charge is 2.06. The van der Waals surface area contributed by atoms with E-state index in [9.17, 15) is 4.79 Å². The fraction of sp³-hybridized carbons (Fsp3) is 0. The van der Waals surface area contributed by atoms with E-state index >= 15 is 0 Å². The summed E-state index contributed by atoms with van der Waals surface area (Å²) in [5.41, 5.74) is 1.16. The molecule has 0 bridgehead atoms. The lowest BCUT2D eigenvalue weighted by atomic mass is 10.3. The molecule has 0 fully saturated rings. The Morgan fingerprint density at radius 2 is 1.94 bits per heavy atom. The molecule has 1 aromatic carbocycles. The van der Waals surface area contributed by atoms with Crippen LogP contribution in [0, 0.1) is 0 Å². The first kappa shape index (κ1) is 10.4. The molecule has 2 aromatic heterocycles. The monoisotopic (exact) mass is 239 g/mol. The van der Waals surface area contributed by atoms with Gasteiger partial charge in [0.25, 0.3) is 5.56 Å². The topological polar surface area (TPSA) is 76.5 Å². The quantitative estimate of drug-likeness (QED) is 0.724. The third-order valence-corrected chi connectivity index (χ3v) is 2.39. The highest BCUT2D eigenvalue weighted by Crippen LogP contribution is 2.10. The predicted molar refractivity (Wildman–Crippen MR) is 65.2 cm³/mol. The van der Waals surface area contributed by atoms with Crippen molar-refractivity contribution in [2.24, 2.45) is 0 Å². The zero-order chi connectivity index (χ0) is 12.4. The molecule has 0 aliphatic heterocycles. The van der Waals surface area contributed by atoms with Gasteiger partial charge in [-0.25, -0.2) is 4.98 Å². The SMILES string of the molecule is O=c1ccnc(-c2cnn(-c3ccccc3)n2)[nH]1. The summed E-state index contributed by atoms with van der Waals surface area (Å²) in [5.74, 6) is 0.407. The lowest BCUT2D eigenvalue weighted by molar-refractivity contribution is 0.752. The maximum atomic E-state index is 11.2. The summed E-state index contributed by atoms with van der Waals surface area (Å²) in [5, 5.41) is 8.40. The first-order valence-corrected chi connectivity index (χ1v) is 5.36. The van der Waals surface area contributed by atoms with Crippen LogP contribution in [0.25, 0.3) is 17.2 Å². The highest BCUT2D eigenvalue weighted by atomic mass is 16.1. The third kappa shape index (κ3) is 1.91. The number of aromatic nitrogens is 5. The van der Waals surface area contributed by atoms with Crippen LogP contribution in [0.1, 0.15) is 0 Å². The Bertz CT molecular complexity index is 716. The van der Waals surface area contributed by atoms with Crippen LogP contribution in [0.15, 0.2) is 53.6 Å². The van der Waals surface area contributed by atoms with Gasteiger partial charge in [0, 0.05) is 12.3 Å². The standard InChI is InChI=1S/C12H9N5O/c18-11-6-7-13-12(15-11)10-8-14-17(16-10)9-4-2-1-3-5-9/h1-8H,(H,13,15,18). The molecule has 0 aliphatic carbocycles. The fourth-order valence-electron chi connectivity index (χ4n) is 1.56. The van der Waals surface area contributed by atoms with Crippen LogP contribution in [0.5, 0.6) is 0 Å². The van der Waals surface area contributed by atoms with E-state index in [1.54, 1.807) is 6.20 Å². The van der Waals surface area contributed by atoms with Crippen molar-refractivity contribution in [3.8, 4) is 17.2 Å². The Morgan fingerprint density at radius 3 is 2.72 bits per heavy atom. The van der Waals surface area contributed by atoms with Gasteiger partial charge in [-0.1, -0.05) is 18.2 Å². The van der Waals surface area contributed by atoms with Gasteiger partial charge in [-0.05, 0) is 12.1 Å². The number of para-hydroxylation sites is 1. The van der Waals surface area contributed by atoms with Crippen molar-refractivity contribution in [2.45, 2.75) is 0 Å². The Balaban J connectivity index is 2.02. The van der Waals surface area contributed by atoms with Crippen LogP contribution in [0.3, 0.4) is 0 Å². The lowest BCUT2D eigenvalue weighted by Gasteiger charge is -1.97. The van der Waals surface area contributed by atoms with Gasteiger partial charge >= 0.3 is 0 Å². The summed E-state index contributed by atoms with van der Waals surface area (Å²) < 4.78 is 0. The molecule has 6 nitrogen and oxygen atoms in total. The largest absolute Gasteiger partial charge is 0.305 e. The van der Waals surface area contributed by atoms with E-state index < -0.39 is 0 Å². The van der Waals surface area contributed by atoms with Gasteiger partial charge in [-0.3, -0.25) is 4.79 Å². The second-order valence-corrected chi connectivity index (χ2v) is 3.64. The number of benzene rings is 1. The average Bonchev–Trinajstić information content (AvgIpc) is 2.89. The normalized spacial score (nSPS) is 10.4. The summed E-state index contributed by atoms with van der Waals surface area (Å²) in [6.07, 6.45) is 3.00. The van der Waals surface area contributed by atoms with Gasteiger partial charge < -0.3 is 4.98 Å². The third-order valence-electron chi connectivity index (χ3n) is 2.39. The molecule has 3 rings (SSSR count). The zero-order valence-corrected chi connectivity index (χ0v) is 9.32. The maximum absolute atomic E-state index is 11.2. The number of hydrogen-bond acceptors (Lipinski definition) is 4. The van der Waals surface area contributed by atoms with Crippen molar-refractivity contribution in [3.05, 3.63) is 59.1 Å². The molecule has 0 radical (unpaired) electrons. The van der Waals surface area contributed by atoms with Gasteiger partial charge in [-0.15, -0.1) is 5.10 Å². The Labute approximate surface area is 102 Å². The number of nitrogens with one attached hydrogen (secondary N) is 1. The van der Waals surface area contributed by atoms with Crippen LogP contribution in [-0.2, 0) is 0 Å². The maximum Gasteiger partial charge on any atom is 0.251 e. The van der Waals surface area contributed by atoms with Crippen molar-refractivity contribution in [2.75, 3.05) is 0 Å². The van der Waals surface area contributed by atoms with Crippen LogP contribution < -0.4 is 5.56 Å². The van der Waals surface area contributed by atoms with Crippen molar-refractivity contribution >= 4 is 0 Å². The first-order chi connectivity index (χ1) is 8.83. The van der Waals surface area contributed by atoms with Gasteiger partial charge in [0.05, 0.1) is 11.9 Å². The Kier molecular flexibility index (Phi) is 2.45. The van der Waals surface area contributed by atoms with Gasteiger partial charge in [-0.2, -0.15) is 9.90 Å². The van der Waals surface area contributed by atoms with E-state index in [0.717, 1.165) is 5.69 Å². The average molecular weight is 239 g/mol. The summed E-state index contributed by atoms with van der Waals surface area (Å²) >= 11 is 0. The molecule has 2 heterocycles. The molecule has 1 N–H and O–H groups in total. The second kappa shape index (κ2) is 4.25. The Hall–Kier alpha value is -2.76. The molecule has 0 amide bonds. The van der Waals surface area contributed by atoms with E-state index in [0.29, 0.717) is 11.5 Å². The van der Waals surface area contributed by atoms with E-state index in [4.69, 9.17) is 0 Å². The Morgan fingerprint density at radius 1 is 1.11 bits per heavy atom. The van der Waals surface area contributed by atoms with Crippen molar-refractivity contribution in [1.82, 2.24) is 25.0 Å². The molecule has 0 saturated carbocycles. The summed E-state index contributed by atoms with van der Waals surface area (Å²) in [6, 6.07) is 10.9. The predicted octanol–water partition coefficient (Wildman–Crippen LogP) is 1.02. The van der Waals surface area contributed by atoms with Crippen molar-refractivity contribution in [1.29, 1.82) is 0 Å². The second-order valence-electron chi connectivity index (χ2n) is 3.64. The van der Waals surface area contributed by atoms with Gasteiger partial charge in [0.2, 0.25) is 0 Å². The zero-order valence-electron chi connectivity index (χ0n) is 9.32. The fourth-order valence-corrected chi connectivity index (χ4v) is 1.56. The van der Waals surface area contributed by atoms with E-state index in [1.807, 2.05) is 30.3 Å². The van der Waals surface area contributed by atoms with E-state index in [-0.39, 0.29) is 5.56 Å². The van der Waals surface area contributed by atoms with E-state index in [1.165, 1.54) is 17.1 Å². The molecule has 0 unspecified atom stereocenters. The molecular weight excluding hydrogens is 230 g/mol. The minimum absolute atomic E-state index is 0.214. The van der Waals surface area contributed by atoms with Crippen LogP contribution in [0.2, 0.25) is 0 Å². The van der Waals surface area contributed by atoms with Crippen LogP contribution in [0.4, 0.5) is 0 Å². The molecule has 0 saturated heterocycles. The minimum atomic E-state index is -0.214. The molecule has 88 valence electrons. The smallest absolute Gasteiger partial charge is 0.251 e. The van der Waals surface area contributed by atoms with Crippen molar-refractivity contribution < 1.29 is 0 Å². The molecule has 6 heteroatoms.